The Labute approximate surface area is 72.2 Å². The Balaban J connectivity index is 2.19. The molecule has 0 aliphatic heterocycles. The lowest BCUT2D eigenvalue weighted by Crippen LogP contribution is -2.08. The van der Waals surface area contributed by atoms with E-state index in [9.17, 15) is 5.11 Å². The molecule has 1 aromatic rings. The Bertz CT molecular complexity index is 284. The molecule has 1 heterocycles. The van der Waals surface area contributed by atoms with Crippen LogP contribution in [0.3, 0.4) is 0 Å². The zero-order chi connectivity index (χ0) is 8.77. The summed E-state index contributed by atoms with van der Waals surface area (Å²) in [6, 6.07) is 3.76. The van der Waals surface area contributed by atoms with Gasteiger partial charge in [0.2, 0.25) is 0 Å². The lowest BCUT2D eigenvalue weighted by atomic mass is 10.0. The van der Waals surface area contributed by atoms with Crippen LogP contribution in [0.1, 0.15) is 37.4 Å². The van der Waals surface area contributed by atoms with E-state index in [1.54, 1.807) is 0 Å². The molecule has 0 unspecified atom stereocenters. The molecule has 0 saturated heterocycles. The Morgan fingerprint density at radius 1 is 1.50 bits per heavy atom. The van der Waals surface area contributed by atoms with Crippen LogP contribution >= 0.6 is 0 Å². The van der Waals surface area contributed by atoms with Gasteiger partial charge in [0, 0.05) is 5.41 Å². The maximum Gasteiger partial charge on any atom is 0.133 e. The van der Waals surface area contributed by atoms with E-state index in [4.69, 9.17) is 4.42 Å². The predicted molar refractivity (Wildman–Crippen MR) is 45.7 cm³/mol. The van der Waals surface area contributed by atoms with Gasteiger partial charge < -0.3 is 9.52 Å². The summed E-state index contributed by atoms with van der Waals surface area (Å²) in [6.45, 7) is 3.99. The van der Waals surface area contributed by atoms with Gasteiger partial charge in [-0.3, -0.25) is 0 Å². The first kappa shape index (κ1) is 7.87. The molecule has 1 aliphatic carbocycles. The van der Waals surface area contributed by atoms with E-state index in [-0.39, 0.29) is 5.41 Å². The quantitative estimate of drug-likeness (QED) is 0.732. The standard InChI is InChI=1S/C10H14O2/c1-7-3-4-8(12-7)9(11)10(2)5-6-10/h3-4,9,11H,5-6H2,1-2H3/t9-/m0/s1. The molecular weight excluding hydrogens is 152 g/mol. The Morgan fingerprint density at radius 2 is 2.17 bits per heavy atom. The minimum atomic E-state index is -0.411. The van der Waals surface area contributed by atoms with Gasteiger partial charge in [0.05, 0.1) is 0 Å². The van der Waals surface area contributed by atoms with Crippen LogP contribution in [0.5, 0.6) is 0 Å². The maximum absolute atomic E-state index is 9.84. The van der Waals surface area contributed by atoms with Gasteiger partial charge in [0.1, 0.15) is 17.6 Å². The van der Waals surface area contributed by atoms with Crippen LogP contribution in [0.15, 0.2) is 16.5 Å². The van der Waals surface area contributed by atoms with Crippen molar-refractivity contribution in [3.63, 3.8) is 0 Å². The van der Waals surface area contributed by atoms with Crippen molar-refractivity contribution in [1.29, 1.82) is 0 Å². The highest BCUT2D eigenvalue weighted by Crippen LogP contribution is 2.54. The van der Waals surface area contributed by atoms with Crippen LogP contribution in [-0.2, 0) is 0 Å². The number of aliphatic hydroxyl groups is 1. The van der Waals surface area contributed by atoms with Crippen molar-refractivity contribution >= 4 is 0 Å². The number of furan rings is 1. The molecule has 1 aromatic heterocycles. The van der Waals surface area contributed by atoms with Gasteiger partial charge >= 0.3 is 0 Å². The molecule has 12 heavy (non-hydrogen) atoms. The second kappa shape index (κ2) is 2.36. The van der Waals surface area contributed by atoms with E-state index in [0.717, 1.165) is 18.6 Å². The first-order valence-electron chi connectivity index (χ1n) is 4.36. The van der Waals surface area contributed by atoms with Gasteiger partial charge in [0.15, 0.2) is 0 Å². The van der Waals surface area contributed by atoms with E-state index >= 15 is 0 Å². The zero-order valence-corrected chi connectivity index (χ0v) is 7.50. The summed E-state index contributed by atoms with van der Waals surface area (Å²) in [4.78, 5) is 0. The highest BCUT2D eigenvalue weighted by Gasteiger charge is 2.46. The number of hydrogen-bond donors (Lipinski definition) is 1. The number of aryl methyl sites for hydroxylation is 1. The monoisotopic (exact) mass is 166 g/mol. The molecule has 0 bridgehead atoms. The van der Waals surface area contributed by atoms with Gasteiger partial charge in [0.25, 0.3) is 0 Å². The van der Waals surface area contributed by atoms with Crippen molar-refractivity contribution in [2.24, 2.45) is 5.41 Å². The van der Waals surface area contributed by atoms with Gasteiger partial charge in [-0.25, -0.2) is 0 Å². The molecule has 1 atom stereocenters. The van der Waals surface area contributed by atoms with Crippen molar-refractivity contribution in [3.05, 3.63) is 23.7 Å². The Morgan fingerprint density at radius 3 is 2.58 bits per heavy atom. The average molecular weight is 166 g/mol. The van der Waals surface area contributed by atoms with Crippen molar-refractivity contribution in [2.75, 3.05) is 0 Å². The highest BCUT2D eigenvalue weighted by molar-refractivity contribution is 5.13. The maximum atomic E-state index is 9.84. The fraction of sp³-hybridized carbons (Fsp3) is 0.600. The van der Waals surface area contributed by atoms with Gasteiger partial charge in [-0.05, 0) is 31.9 Å². The van der Waals surface area contributed by atoms with Crippen molar-refractivity contribution in [2.45, 2.75) is 32.8 Å². The summed E-state index contributed by atoms with van der Waals surface area (Å²) in [5.41, 5.74) is 0.0876. The minimum absolute atomic E-state index is 0.0876. The summed E-state index contributed by atoms with van der Waals surface area (Å²) >= 11 is 0. The minimum Gasteiger partial charge on any atom is -0.464 e. The molecule has 66 valence electrons. The van der Waals surface area contributed by atoms with Crippen molar-refractivity contribution < 1.29 is 9.52 Å². The number of aliphatic hydroxyl groups excluding tert-OH is 1. The first-order chi connectivity index (χ1) is 5.62. The first-order valence-corrected chi connectivity index (χ1v) is 4.36. The summed E-state index contributed by atoms with van der Waals surface area (Å²) in [7, 11) is 0. The lowest BCUT2D eigenvalue weighted by Gasteiger charge is -2.14. The number of rotatable bonds is 2. The molecular formula is C10H14O2. The van der Waals surface area contributed by atoms with Crippen LogP contribution in [0, 0.1) is 12.3 Å². The van der Waals surface area contributed by atoms with Crippen LogP contribution in [-0.4, -0.2) is 5.11 Å². The molecule has 2 nitrogen and oxygen atoms in total. The Hall–Kier alpha value is -0.760. The average Bonchev–Trinajstić information content (AvgIpc) is 2.62. The molecule has 0 radical (unpaired) electrons. The molecule has 1 N–H and O–H groups in total. The number of hydrogen-bond acceptors (Lipinski definition) is 2. The third kappa shape index (κ3) is 1.16. The highest BCUT2D eigenvalue weighted by atomic mass is 16.4. The third-order valence-corrected chi connectivity index (χ3v) is 2.73. The SMILES string of the molecule is Cc1ccc([C@H](O)C2(C)CC2)o1. The fourth-order valence-electron chi connectivity index (χ4n) is 1.41. The summed E-state index contributed by atoms with van der Waals surface area (Å²) < 4.78 is 5.36. The molecule has 0 spiro atoms. The molecule has 2 heteroatoms. The molecule has 1 fully saturated rings. The normalized spacial score (nSPS) is 22.2. The summed E-state index contributed by atoms with van der Waals surface area (Å²) in [6.07, 6.45) is 1.80. The van der Waals surface area contributed by atoms with Crippen molar-refractivity contribution in [3.8, 4) is 0 Å². The Kier molecular flexibility index (Phi) is 1.55. The van der Waals surface area contributed by atoms with Crippen LogP contribution < -0.4 is 0 Å². The summed E-state index contributed by atoms with van der Waals surface area (Å²) in [5, 5.41) is 9.84. The van der Waals surface area contributed by atoms with Gasteiger partial charge in [-0.15, -0.1) is 0 Å². The molecule has 0 aromatic carbocycles. The molecule has 1 saturated carbocycles. The fourth-order valence-corrected chi connectivity index (χ4v) is 1.41. The van der Waals surface area contributed by atoms with Gasteiger partial charge in [-0.2, -0.15) is 0 Å². The molecule has 0 amide bonds. The topological polar surface area (TPSA) is 33.4 Å². The van der Waals surface area contributed by atoms with E-state index in [1.165, 1.54) is 0 Å². The zero-order valence-electron chi connectivity index (χ0n) is 7.50. The summed E-state index contributed by atoms with van der Waals surface area (Å²) in [5.74, 6) is 1.58. The van der Waals surface area contributed by atoms with E-state index in [1.807, 2.05) is 19.1 Å². The second-order valence-electron chi connectivity index (χ2n) is 4.00. The second-order valence-corrected chi connectivity index (χ2v) is 4.00. The van der Waals surface area contributed by atoms with Gasteiger partial charge in [-0.1, -0.05) is 6.92 Å². The van der Waals surface area contributed by atoms with Crippen LogP contribution in [0.4, 0.5) is 0 Å². The van der Waals surface area contributed by atoms with Crippen LogP contribution in [0.25, 0.3) is 0 Å². The van der Waals surface area contributed by atoms with E-state index < -0.39 is 6.10 Å². The third-order valence-electron chi connectivity index (χ3n) is 2.73. The van der Waals surface area contributed by atoms with E-state index in [2.05, 4.69) is 6.92 Å². The largest absolute Gasteiger partial charge is 0.464 e. The lowest BCUT2D eigenvalue weighted by molar-refractivity contribution is 0.0802. The molecule has 1 aliphatic rings. The smallest absolute Gasteiger partial charge is 0.133 e. The van der Waals surface area contributed by atoms with Crippen LogP contribution in [0.2, 0.25) is 0 Å². The van der Waals surface area contributed by atoms with E-state index in [0.29, 0.717) is 5.76 Å². The molecule has 2 rings (SSSR count). The van der Waals surface area contributed by atoms with Crippen molar-refractivity contribution in [1.82, 2.24) is 0 Å². The predicted octanol–water partition coefficient (Wildman–Crippen LogP) is 2.42.